The highest BCUT2D eigenvalue weighted by molar-refractivity contribution is 7.80. The molecule has 0 radical (unpaired) electrons. The van der Waals surface area contributed by atoms with Crippen molar-refractivity contribution in [3.63, 3.8) is 0 Å². The summed E-state index contributed by atoms with van der Waals surface area (Å²) in [6, 6.07) is 5.78. The van der Waals surface area contributed by atoms with Crippen molar-refractivity contribution in [1.82, 2.24) is 19.8 Å². The summed E-state index contributed by atoms with van der Waals surface area (Å²) in [5.41, 5.74) is 12.6. The number of benzene rings is 1. The number of ketones is 1. The Hall–Kier alpha value is -3.84. The topological polar surface area (TPSA) is 227 Å². The highest BCUT2D eigenvalue weighted by Crippen LogP contribution is 2.40. The van der Waals surface area contributed by atoms with E-state index in [1.807, 2.05) is 23.1 Å². The summed E-state index contributed by atoms with van der Waals surface area (Å²) < 4.78 is 41.3. The van der Waals surface area contributed by atoms with Crippen LogP contribution in [0.5, 0.6) is 5.75 Å². The molecule has 1 amide bonds. The predicted octanol–water partition coefficient (Wildman–Crippen LogP) is 0.987. The second-order valence-corrected chi connectivity index (χ2v) is 13.5. The fourth-order valence-corrected chi connectivity index (χ4v) is 6.62. The van der Waals surface area contributed by atoms with Gasteiger partial charge < -0.3 is 30.8 Å². The minimum atomic E-state index is -4.92. The van der Waals surface area contributed by atoms with Gasteiger partial charge in [0.25, 0.3) is 5.91 Å². The van der Waals surface area contributed by atoms with Crippen LogP contribution in [0.4, 0.5) is 5.13 Å². The van der Waals surface area contributed by atoms with Crippen LogP contribution in [0.2, 0.25) is 0 Å². The van der Waals surface area contributed by atoms with Crippen molar-refractivity contribution in [2.45, 2.75) is 45.3 Å². The molecular formula is C27H36N8O8S2. The number of aromatic nitrogens is 1. The molecule has 3 aliphatic heterocycles. The van der Waals surface area contributed by atoms with E-state index in [2.05, 4.69) is 19.3 Å². The number of hydroxylamine groups is 2. The fraction of sp³-hybridized carbons (Fsp3) is 0.519. The SMILES string of the molecule is CC1(C)C(CC(=O)/C(=N\OCCOc2ccc3c(c2)CN(C(=N)N2CCC(CN)C2)C3)c2csc(N)n2)C(=O)N1OS(=O)(=O)O. The van der Waals surface area contributed by atoms with Crippen LogP contribution in [0.1, 0.15) is 43.5 Å². The van der Waals surface area contributed by atoms with Crippen LogP contribution < -0.4 is 16.2 Å². The van der Waals surface area contributed by atoms with Crippen molar-refractivity contribution in [3.05, 3.63) is 40.4 Å². The van der Waals surface area contributed by atoms with Crippen molar-refractivity contribution in [1.29, 1.82) is 5.41 Å². The molecule has 0 bridgehead atoms. The van der Waals surface area contributed by atoms with Gasteiger partial charge in [0.1, 0.15) is 18.1 Å². The summed E-state index contributed by atoms with van der Waals surface area (Å²) in [7, 11) is -4.92. The number of nitrogen functional groups attached to an aromatic ring is 1. The molecule has 2 unspecified atom stereocenters. The Morgan fingerprint density at radius 3 is 2.64 bits per heavy atom. The molecule has 244 valence electrons. The number of hydrogen-bond donors (Lipinski definition) is 4. The van der Waals surface area contributed by atoms with Gasteiger partial charge in [-0.1, -0.05) is 11.2 Å². The number of Topliss-reactive ketones (excluding diaryl/α,β-unsaturated/α-hetero) is 1. The summed E-state index contributed by atoms with van der Waals surface area (Å²) in [5.74, 6) is -0.754. The number of β-lactam (4-membered cyclic amide) rings is 1. The zero-order chi connectivity index (χ0) is 32.5. The van der Waals surface area contributed by atoms with Crippen molar-refractivity contribution in [2.75, 3.05) is 38.6 Å². The van der Waals surface area contributed by atoms with Crippen LogP contribution in [-0.4, -0.2) is 94.6 Å². The summed E-state index contributed by atoms with van der Waals surface area (Å²) >= 11 is 1.10. The van der Waals surface area contributed by atoms with Crippen LogP contribution >= 0.6 is 11.3 Å². The first-order valence-electron chi connectivity index (χ1n) is 14.3. The number of nitrogens with one attached hydrogen (secondary N) is 1. The third-order valence-corrected chi connectivity index (χ3v) is 9.19. The van der Waals surface area contributed by atoms with E-state index in [0.717, 1.165) is 42.0 Å². The maximum atomic E-state index is 13.2. The maximum absolute atomic E-state index is 13.2. The molecule has 0 saturated carbocycles. The number of hydrogen-bond acceptors (Lipinski definition) is 13. The van der Waals surface area contributed by atoms with Crippen LogP contribution in [-0.2, 0) is 42.2 Å². The number of fused-ring (bicyclic) bond motifs is 1. The van der Waals surface area contributed by atoms with Gasteiger partial charge in [-0.3, -0.25) is 19.6 Å². The number of nitrogens with two attached hydrogens (primary N) is 2. The molecule has 3 aliphatic rings. The number of ether oxygens (including phenoxy) is 1. The van der Waals surface area contributed by atoms with Crippen LogP contribution in [0.25, 0.3) is 0 Å². The smallest absolute Gasteiger partial charge is 0.418 e. The first-order chi connectivity index (χ1) is 21.3. The second kappa shape index (κ2) is 12.9. The van der Waals surface area contributed by atoms with E-state index in [4.69, 9.17) is 31.0 Å². The molecule has 45 heavy (non-hydrogen) atoms. The standard InChI is InChI=1S/C27H36N8O8S2/c1-27(2)20(24(37)35(27)43-45(38,39)40)10-22(36)23(21-15-44-25(29)31-21)32-42-8-7-41-19-4-3-17-13-34(14-18(17)9-19)26(30)33-6-5-16(11-28)12-33/h3-4,9,15-16,20,30H,5-8,10-14,28H2,1-2H3,(H2,29,31)(H,38,39,40)/b30-26?,32-23-. The molecule has 5 rings (SSSR count). The second-order valence-electron chi connectivity index (χ2n) is 11.6. The van der Waals surface area contributed by atoms with Gasteiger partial charge >= 0.3 is 10.4 Å². The number of nitrogens with zero attached hydrogens (tertiary/aromatic N) is 5. The number of rotatable bonds is 12. The summed E-state index contributed by atoms with van der Waals surface area (Å²) in [4.78, 5) is 39.4. The number of anilines is 1. The molecule has 0 aliphatic carbocycles. The first kappa shape index (κ1) is 32.6. The van der Waals surface area contributed by atoms with Gasteiger partial charge in [0.05, 0.1) is 11.5 Å². The van der Waals surface area contributed by atoms with Gasteiger partial charge in [0.15, 0.2) is 29.2 Å². The highest BCUT2D eigenvalue weighted by Gasteiger charge is 2.57. The molecule has 0 spiro atoms. The Bertz CT molecular complexity index is 1610. The third kappa shape index (κ3) is 7.19. The number of thiazole rings is 1. The summed E-state index contributed by atoms with van der Waals surface area (Å²) in [6.45, 7) is 6.65. The summed E-state index contributed by atoms with van der Waals surface area (Å²) in [5, 5.41) is 14.9. The lowest BCUT2D eigenvalue weighted by Gasteiger charge is -2.50. The van der Waals surface area contributed by atoms with Crippen LogP contribution in [0.15, 0.2) is 28.7 Å². The molecule has 1 aromatic carbocycles. The van der Waals surface area contributed by atoms with E-state index in [-0.39, 0.29) is 36.2 Å². The van der Waals surface area contributed by atoms with Gasteiger partial charge in [-0.05, 0) is 56.0 Å². The molecule has 2 atom stereocenters. The zero-order valence-corrected chi connectivity index (χ0v) is 26.5. The predicted molar refractivity (Wildman–Crippen MR) is 163 cm³/mol. The quantitative estimate of drug-likeness (QED) is 0.0621. The average molecular weight is 665 g/mol. The number of oxime groups is 1. The number of amides is 1. The molecule has 1 aromatic heterocycles. The molecule has 2 aromatic rings. The minimum Gasteiger partial charge on any atom is -0.490 e. The van der Waals surface area contributed by atoms with E-state index in [0.29, 0.717) is 42.3 Å². The minimum absolute atomic E-state index is 0.00858. The lowest BCUT2D eigenvalue weighted by Crippen LogP contribution is -2.68. The van der Waals surface area contributed by atoms with Gasteiger partial charge in [0.2, 0.25) is 0 Å². The number of carbonyl (C=O) groups excluding carboxylic acids is 2. The molecule has 2 fully saturated rings. The van der Waals surface area contributed by atoms with E-state index in [1.165, 1.54) is 19.2 Å². The molecule has 6 N–H and O–H groups in total. The van der Waals surface area contributed by atoms with Crippen LogP contribution in [0, 0.1) is 17.2 Å². The van der Waals surface area contributed by atoms with Crippen LogP contribution in [0.3, 0.4) is 0 Å². The van der Waals surface area contributed by atoms with E-state index in [9.17, 15) is 18.0 Å². The fourth-order valence-electron chi connectivity index (χ4n) is 5.62. The number of carbonyl (C=O) groups is 2. The monoisotopic (exact) mass is 664 g/mol. The zero-order valence-electron chi connectivity index (χ0n) is 24.8. The van der Waals surface area contributed by atoms with E-state index >= 15 is 0 Å². The van der Waals surface area contributed by atoms with E-state index in [1.54, 1.807) is 0 Å². The molecule has 2 saturated heterocycles. The Labute approximate surface area is 264 Å². The lowest BCUT2D eigenvalue weighted by molar-refractivity contribution is -0.228. The van der Waals surface area contributed by atoms with Crippen molar-refractivity contribution < 1.29 is 36.4 Å². The Kier molecular flexibility index (Phi) is 9.31. The van der Waals surface area contributed by atoms with Crippen molar-refractivity contribution in [3.8, 4) is 5.75 Å². The Morgan fingerprint density at radius 1 is 1.24 bits per heavy atom. The largest absolute Gasteiger partial charge is 0.490 e. The Balaban J connectivity index is 1.15. The molecular weight excluding hydrogens is 628 g/mol. The van der Waals surface area contributed by atoms with Crippen molar-refractivity contribution >= 4 is 50.2 Å². The Morgan fingerprint density at radius 2 is 2.00 bits per heavy atom. The summed E-state index contributed by atoms with van der Waals surface area (Å²) in [6.07, 6.45) is 0.658. The lowest BCUT2D eigenvalue weighted by atomic mass is 9.74. The third-order valence-electron chi connectivity index (χ3n) is 8.18. The molecule has 4 heterocycles. The maximum Gasteiger partial charge on any atom is 0.418 e. The molecule has 18 heteroatoms. The van der Waals surface area contributed by atoms with Gasteiger partial charge in [-0.15, -0.1) is 15.6 Å². The van der Waals surface area contributed by atoms with Gasteiger partial charge in [-0.25, -0.2) is 4.98 Å². The van der Waals surface area contributed by atoms with Gasteiger partial charge in [-0.2, -0.15) is 13.5 Å². The van der Waals surface area contributed by atoms with Gasteiger partial charge in [0, 0.05) is 38.0 Å². The first-order valence-corrected chi connectivity index (χ1v) is 16.5. The van der Waals surface area contributed by atoms with E-state index < -0.39 is 33.5 Å². The molecule has 16 nitrogen and oxygen atoms in total. The van der Waals surface area contributed by atoms with Crippen molar-refractivity contribution in [2.24, 2.45) is 22.7 Å². The highest BCUT2D eigenvalue weighted by atomic mass is 32.3. The average Bonchev–Trinajstić information content (AvgIpc) is 3.75. The number of likely N-dealkylation sites (tertiary alicyclic amines) is 1. The number of guanidine groups is 1. The normalized spacial score (nSPS) is 21.1.